The Balaban J connectivity index is 1.86. The van der Waals surface area contributed by atoms with Crippen molar-refractivity contribution in [3.63, 3.8) is 0 Å². The van der Waals surface area contributed by atoms with Crippen LogP contribution in [0.15, 0.2) is 59.6 Å². The molecule has 0 fully saturated rings. The molecule has 2 aromatic carbocycles. The Kier molecular flexibility index (Phi) is 5.03. The molecule has 3 aromatic rings. The number of ether oxygens (including phenoxy) is 1. The molecule has 0 atom stereocenters. The minimum atomic E-state index is -0.345. The summed E-state index contributed by atoms with van der Waals surface area (Å²) >= 11 is 0. The van der Waals surface area contributed by atoms with Crippen LogP contribution < -0.4 is 0 Å². The molecule has 0 saturated carbocycles. The van der Waals surface area contributed by atoms with Crippen molar-refractivity contribution in [2.75, 3.05) is 7.11 Å². The topological polar surface area (TPSA) is 43.6 Å². The van der Waals surface area contributed by atoms with Crippen molar-refractivity contribution in [3.05, 3.63) is 82.7 Å². The number of benzene rings is 2. The fraction of sp³-hybridized carbons (Fsp3) is 0.182. The van der Waals surface area contributed by atoms with E-state index in [4.69, 9.17) is 4.74 Å². The molecule has 26 heavy (non-hydrogen) atoms. The molecule has 0 aliphatic rings. The molecular formula is C22H22N2O2. The Labute approximate surface area is 153 Å². The molecule has 4 heteroatoms. The standard InChI is InChI=1S/C22H22N2O2/c1-15-5-11-21(12-6-15)24-16(2)13-19(17(24)3)14-23-20-9-7-18(8-10-20)22(25)26-4/h5-14H,1-4H3. The Morgan fingerprint density at radius 2 is 1.65 bits per heavy atom. The predicted octanol–water partition coefficient (Wildman–Crippen LogP) is 4.94. The highest BCUT2D eigenvalue weighted by Gasteiger charge is 2.09. The number of carbonyl (C=O) groups is 1. The Bertz CT molecular complexity index is 949. The SMILES string of the molecule is COC(=O)c1ccc(N=Cc2cc(C)n(-c3ccc(C)cc3)c2C)cc1. The highest BCUT2D eigenvalue weighted by atomic mass is 16.5. The molecule has 0 radical (unpaired) electrons. The van der Waals surface area contributed by atoms with Gasteiger partial charge in [0.05, 0.1) is 18.4 Å². The maximum absolute atomic E-state index is 11.5. The van der Waals surface area contributed by atoms with Crippen LogP contribution in [-0.4, -0.2) is 23.9 Å². The molecule has 0 amide bonds. The second kappa shape index (κ2) is 7.40. The van der Waals surface area contributed by atoms with Crippen LogP contribution in [0.25, 0.3) is 5.69 Å². The van der Waals surface area contributed by atoms with E-state index in [1.165, 1.54) is 12.7 Å². The van der Waals surface area contributed by atoms with Crippen molar-refractivity contribution in [2.24, 2.45) is 4.99 Å². The van der Waals surface area contributed by atoms with Gasteiger partial charge in [0.15, 0.2) is 0 Å². The Morgan fingerprint density at radius 1 is 1.00 bits per heavy atom. The highest BCUT2D eigenvalue weighted by molar-refractivity contribution is 5.90. The van der Waals surface area contributed by atoms with Crippen LogP contribution in [0.3, 0.4) is 0 Å². The first-order chi connectivity index (χ1) is 12.5. The third-order valence-electron chi connectivity index (χ3n) is 4.40. The van der Waals surface area contributed by atoms with Gasteiger partial charge in [-0.25, -0.2) is 4.79 Å². The minimum Gasteiger partial charge on any atom is -0.465 e. The first-order valence-electron chi connectivity index (χ1n) is 8.48. The van der Waals surface area contributed by atoms with Crippen LogP contribution >= 0.6 is 0 Å². The zero-order chi connectivity index (χ0) is 18.7. The lowest BCUT2D eigenvalue weighted by molar-refractivity contribution is 0.0601. The molecule has 0 unspecified atom stereocenters. The zero-order valence-corrected chi connectivity index (χ0v) is 15.5. The van der Waals surface area contributed by atoms with Gasteiger partial charge in [0.2, 0.25) is 0 Å². The lowest BCUT2D eigenvalue weighted by Crippen LogP contribution is -2.00. The molecule has 0 saturated heterocycles. The van der Waals surface area contributed by atoms with Crippen molar-refractivity contribution in [1.29, 1.82) is 0 Å². The molecule has 0 aliphatic carbocycles. The van der Waals surface area contributed by atoms with Gasteiger partial charge in [0.1, 0.15) is 0 Å². The number of carbonyl (C=O) groups excluding carboxylic acids is 1. The number of aryl methyl sites for hydroxylation is 2. The van der Waals surface area contributed by atoms with E-state index in [-0.39, 0.29) is 5.97 Å². The van der Waals surface area contributed by atoms with Gasteiger partial charge in [0.25, 0.3) is 0 Å². The molecule has 1 aromatic heterocycles. The van der Waals surface area contributed by atoms with E-state index in [0.717, 1.165) is 28.3 Å². The molecule has 4 nitrogen and oxygen atoms in total. The van der Waals surface area contributed by atoms with E-state index in [2.05, 4.69) is 60.7 Å². The van der Waals surface area contributed by atoms with Crippen molar-refractivity contribution >= 4 is 17.9 Å². The highest BCUT2D eigenvalue weighted by Crippen LogP contribution is 2.21. The third-order valence-corrected chi connectivity index (χ3v) is 4.40. The number of aromatic nitrogens is 1. The third kappa shape index (κ3) is 3.59. The fourth-order valence-electron chi connectivity index (χ4n) is 2.95. The maximum atomic E-state index is 11.5. The molecule has 0 spiro atoms. The number of esters is 1. The average molecular weight is 346 g/mol. The lowest BCUT2D eigenvalue weighted by atomic mass is 10.2. The van der Waals surface area contributed by atoms with Gasteiger partial charge in [-0.2, -0.15) is 0 Å². The van der Waals surface area contributed by atoms with E-state index in [0.29, 0.717) is 5.56 Å². The van der Waals surface area contributed by atoms with Gasteiger partial charge in [-0.15, -0.1) is 0 Å². The fourth-order valence-corrected chi connectivity index (χ4v) is 2.95. The van der Waals surface area contributed by atoms with E-state index in [1.807, 2.05) is 18.3 Å². The summed E-state index contributed by atoms with van der Waals surface area (Å²) in [5.74, 6) is -0.345. The van der Waals surface area contributed by atoms with Crippen molar-refractivity contribution < 1.29 is 9.53 Å². The van der Waals surface area contributed by atoms with Crippen molar-refractivity contribution in [2.45, 2.75) is 20.8 Å². The van der Waals surface area contributed by atoms with Gasteiger partial charge >= 0.3 is 5.97 Å². The van der Waals surface area contributed by atoms with Crippen LogP contribution in [0.2, 0.25) is 0 Å². The number of hydrogen-bond acceptors (Lipinski definition) is 3. The van der Waals surface area contributed by atoms with Crippen LogP contribution in [0.1, 0.15) is 32.9 Å². The average Bonchev–Trinajstić information content (AvgIpc) is 2.94. The Morgan fingerprint density at radius 3 is 2.27 bits per heavy atom. The summed E-state index contributed by atoms with van der Waals surface area (Å²) < 4.78 is 6.93. The second-order valence-electron chi connectivity index (χ2n) is 6.29. The predicted molar refractivity (Wildman–Crippen MR) is 105 cm³/mol. The summed E-state index contributed by atoms with van der Waals surface area (Å²) in [7, 11) is 1.37. The van der Waals surface area contributed by atoms with Gasteiger partial charge in [-0.1, -0.05) is 17.7 Å². The van der Waals surface area contributed by atoms with Crippen molar-refractivity contribution in [3.8, 4) is 5.69 Å². The van der Waals surface area contributed by atoms with Gasteiger partial charge in [0, 0.05) is 28.9 Å². The summed E-state index contributed by atoms with van der Waals surface area (Å²) in [5, 5.41) is 0. The molecule has 0 N–H and O–H groups in total. The summed E-state index contributed by atoms with van der Waals surface area (Å²) in [5.41, 5.74) is 7.07. The van der Waals surface area contributed by atoms with E-state index < -0.39 is 0 Å². The monoisotopic (exact) mass is 346 g/mol. The van der Waals surface area contributed by atoms with Gasteiger partial charge < -0.3 is 9.30 Å². The second-order valence-corrected chi connectivity index (χ2v) is 6.29. The van der Waals surface area contributed by atoms with E-state index in [9.17, 15) is 4.79 Å². The number of hydrogen-bond donors (Lipinski definition) is 0. The zero-order valence-electron chi connectivity index (χ0n) is 15.5. The van der Waals surface area contributed by atoms with Gasteiger partial charge in [-0.05, 0) is 63.2 Å². The largest absolute Gasteiger partial charge is 0.465 e. The van der Waals surface area contributed by atoms with Crippen LogP contribution in [-0.2, 0) is 4.74 Å². The molecule has 1 heterocycles. The van der Waals surface area contributed by atoms with E-state index >= 15 is 0 Å². The van der Waals surface area contributed by atoms with E-state index in [1.54, 1.807) is 12.1 Å². The smallest absolute Gasteiger partial charge is 0.337 e. The quantitative estimate of drug-likeness (QED) is 0.496. The summed E-state index contributed by atoms with van der Waals surface area (Å²) in [6, 6.07) is 17.7. The number of nitrogens with zero attached hydrogens (tertiary/aromatic N) is 2. The minimum absolute atomic E-state index is 0.345. The van der Waals surface area contributed by atoms with Gasteiger partial charge in [-0.3, -0.25) is 4.99 Å². The summed E-state index contributed by atoms with van der Waals surface area (Å²) in [6.45, 7) is 6.27. The number of aliphatic imine (C=N–C) groups is 1. The summed E-state index contributed by atoms with van der Waals surface area (Å²) in [4.78, 5) is 16.0. The molecule has 0 aliphatic heterocycles. The van der Waals surface area contributed by atoms with Crippen LogP contribution in [0.4, 0.5) is 5.69 Å². The summed E-state index contributed by atoms with van der Waals surface area (Å²) in [6.07, 6.45) is 1.86. The number of methoxy groups -OCH3 is 1. The Hall–Kier alpha value is -3.14. The van der Waals surface area contributed by atoms with Crippen molar-refractivity contribution in [1.82, 2.24) is 4.57 Å². The molecular weight excluding hydrogens is 324 g/mol. The lowest BCUT2D eigenvalue weighted by Gasteiger charge is -2.09. The molecule has 0 bridgehead atoms. The molecule has 132 valence electrons. The maximum Gasteiger partial charge on any atom is 0.337 e. The van der Waals surface area contributed by atoms with Crippen LogP contribution in [0, 0.1) is 20.8 Å². The first-order valence-corrected chi connectivity index (χ1v) is 8.48. The van der Waals surface area contributed by atoms with Crippen LogP contribution in [0.5, 0.6) is 0 Å². The molecule has 3 rings (SSSR count). The number of rotatable bonds is 4. The first kappa shape index (κ1) is 17.7. The normalized spacial score (nSPS) is 11.1.